The van der Waals surface area contributed by atoms with Crippen LogP contribution >= 0.6 is 0 Å². The molecule has 6 heteroatoms. The Morgan fingerprint density at radius 2 is 1.85 bits per heavy atom. The number of anilines is 2. The van der Waals surface area contributed by atoms with Crippen LogP contribution in [0.4, 0.5) is 11.4 Å². The summed E-state index contributed by atoms with van der Waals surface area (Å²) < 4.78 is 11.0. The topological polar surface area (TPSA) is 63.2 Å². The van der Waals surface area contributed by atoms with Gasteiger partial charge in [-0.15, -0.1) is 0 Å². The summed E-state index contributed by atoms with van der Waals surface area (Å²) in [5, 5.41) is 9.39. The third-order valence-electron chi connectivity index (χ3n) is 5.05. The van der Waals surface area contributed by atoms with Crippen LogP contribution in [0, 0.1) is 0 Å². The maximum atomic E-state index is 13.3. The van der Waals surface area contributed by atoms with Crippen LogP contribution < -0.4 is 19.8 Å². The zero-order chi connectivity index (χ0) is 17.9. The van der Waals surface area contributed by atoms with E-state index in [2.05, 4.69) is 10.4 Å². The molecular formula is C20H17N3O3. The molecule has 0 saturated heterocycles. The van der Waals surface area contributed by atoms with E-state index < -0.39 is 5.54 Å². The van der Waals surface area contributed by atoms with Crippen LogP contribution in [0.15, 0.2) is 53.6 Å². The Labute approximate surface area is 150 Å². The Bertz CT molecular complexity index is 997. The Morgan fingerprint density at radius 1 is 1.12 bits per heavy atom. The number of carbonyl (C=O) groups is 1. The van der Waals surface area contributed by atoms with Crippen molar-refractivity contribution in [3.05, 3.63) is 54.1 Å². The van der Waals surface area contributed by atoms with Gasteiger partial charge in [0.15, 0.2) is 17.0 Å². The SMILES string of the molecule is CC1=CC2(Nc3cc4c(cc31)OCO4)C(=O)N(c1ccccc1)N=C2C. The van der Waals surface area contributed by atoms with Gasteiger partial charge in [-0.3, -0.25) is 4.79 Å². The van der Waals surface area contributed by atoms with Gasteiger partial charge in [0, 0.05) is 17.3 Å². The lowest BCUT2D eigenvalue weighted by molar-refractivity contribution is -0.119. The molecule has 0 bridgehead atoms. The Hall–Kier alpha value is -3.28. The predicted molar refractivity (Wildman–Crippen MR) is 99.6 cm³/mol. The number of allylic oxidation sites excluding steroid dienone is 1. The molecule has 0 radical (unpaired) electrons. The average Bonchev–Trinajstić information content (AvgIpc) is 3.19. The van der Waals surface area contributed by atoms with Crippen molar-refractivity contribution < 1.29 is 14.3 Å². The van der Waals surface area contributed by atoms with Crippen LogP contribution in [0.3, 0.4) is 0 Å². The summed E-state index contributed by atoms with van der Waals surface area (Å²) in [5.74, 6) is 1.29. The van der Waals surface area contributed by atoms with E-state index >= 15 is 0 Å². The smallest absolute Gasteiger partial charge is 0.283 e. The summed E-state index contributed by atoms with van der Waals surface area (Å²) in [5.41, 5.74) is 3.30. The highest BCUT2D eigenvalue weighted by atomic mass is 16.7. The Morgan fingerprint density at radius 3 is 2.62 bits per heavy atom. The van der Waals surface area contributed by atoms with E-state index in [1.54, 1.807) is 0 Å². The van der Waals surface area contributed by atoms with Crippen molar-refractivity contribution in [1.82, 2.24) is 0 Å². The minimum Gasteiger partial charge on any atom is -0.454 e. The summed E-state index contributed by atoms with van der Waals surface area (Å²) in [4.78, 5) is 13.3. The molecule has 3 heterocycles. The largest absolute Gasteiger partial charge is 0.454 e. The van der Waals surface area contributed by atoms with Crippen LogP contribution in [0.1, 0.15) is 19.4 Å². The first-order chi connectivity index (χ1) is 12.6. The minimum atomic E-state index is -0.985. The summed E-state index contributed by atoms with van der Waals surface area (Å²) in [7, 11) is 0. The van der Waals surface area contributed by atoms with Crippen molar-refractivity contribution in [3.63, 3.8) is 0 Å². The quantitative estimate of drug-likeness (QED) is 0.859. The van der Waals surface area contributed by atoms with E-state index in [-0.39, 0.29) is 12.7 Å². The van der Waals surface area contributed by atoms with Crippen molar-refractivity contribution in [2.75, 3.05) is 17.1 Å². The van der Waals surface area contributed by atoms with Gasteiger partial charge in [0.05, 0.1) is 11.4 Å². The maximum Gasteiger partial charge on any atom is 0.283 e. The van der Waals surface area contributed by atoms with E-state index in [0.29, 0.717) is 11.5 Å². The number of hydrogen-bond donors (Lipinski definition) is 1. The van der Waals surface area contributed by atoms with E-state index in [4.69, 9.17) is 9.47 Å². The van der Waals surface area contributed by atoms with Crippen molar-refractivity contribution >= 4 is 28.6 Å². The van der Waals surface area contributed by atoms with Gasteiger partial charge < -0.3 is 14.8 Å². The molecule has 3 aliphatic rings. The second-order valence-corrected chi connectivity index (χ2v) is 6.65. The van der Waals surface area contributed by atoms with E-state index in [1.165, 1.54) is 5.01 Å². The second kappa shape index (κ2) is 5.11. The van der Waals surface area contributed by atoms with E-state index in [0.717, 1.165) is 28.3 Å². The minimum absolute atomic E-state index is 0.121. The molecular weight excluding hydrogens is 330 g/mol. The van der Waals surface area contributed by atoms with E-state index in [9.17, 15) is 4.79 Å². The van der Waals surface area contributed by atoms with Crippen molar-refractivity contribution in [2.45, 2.75) is 19.4 Å². The molecule has 5 rings (SSSR count). The van der Waals surface area contributed by atoms with Gasteiger partial charge in [-0.05, 0) is 43.7 Å². The number of benzene rings is 2. The lowest BCUT2D eigenvalue weighted by Crippen LogP contribution is -2.52. The van der Waals surface area contributed by atoms with Gasteiger partial charge in [0.2, 0.25) is 6.79 Å². The lowest BCUT2D eigenvalue weighted by Gasteiger charge is -2.33. The van der Waals surface area contributed by atoms with Gasteiger partial charge >= 0.3 is 0 Å². The average molecular weight is 347 g/mol. The molecule has 1 unspecified atom stereocenters. The summed E-state index contributed by atoms with van der Waals surface area (Å²) in [6, 6.07) is 13.3. The molecule has 1 atom stereocenters. The fraction of sp³-hybridized carbons (Fsp3) is 0.200. The molecule has 1 N–H and O–H groups in total. The highest BCUT2D eigenvalue weighted by molar-refractivity contribution is 6.27. The van der Waals surface area contributed by atoms with Crippen LogP contribution in [-0.2, 0) is 4.79 Å². The fourth-order valence-corrected chi connectivity index (χ4v) is 3.67. The number of ether oxygens (including phenoxy) is 2. The fourth-order valence-electron chi connectivity index (χ4n) is 3.67. The monoisotopic (exact) mass is 347 g/mol. The summed E-state index contributed by atoms with van der Waals surface area (Å²) in [6.45, 7) is 4.08. The van der Waals surface area contributed by atoms with Gasteiger partial charge in [-0.25, -0.2) is 0 Å². The second-order valence-electron chi connectivity index (χ2n) is 6.65. The van der Waals surface area contributed by atoms with Crippen LogP contribution in [0.25, 0.3) is 5.57 Å². The molecule has 0 aromatic heterocycles. The number of nitrogens with zero attached hydrogens (tertiary/aromatic N) is 2. The number of rotatable bonds is 1. The zero-order valence-corrected chi connectivity index (χ0v) is 14.4. The maximum absolute atomic E-state index is 13.3. The highest BCUT2D eigenvalue weighted by Crippen LogP contribution is 2.45. The molecule has 6 nitrogen and oxygen atoms in total. The lowest BCUT2D eigenvalue weighted by atomic mass is 9.85. The van der Waals surface area contributed by atoms with Crippen LogP contribution in [0.5, 0.6) is 11.5 Å². The first-order valence-corrected chi connectivity index (χ1v) is 8.45. The molecule has 1 spiro atoms. The Balaban J connectivity index is 1.60. The number of fused-ring (bicyclic) bond motifs is 2. The first kappa shape index (κ1) is 15.0. The summed E-state index contributed by atoms with van der Waals surface area (Å²) >= 11 is 0. The van der Waals surface area contributed by atoms with Gasteiger partial charge in [-0.1, -0.05) is 18.2 Å². The van der Waals surface area contributed by atoms with Gasteiger partial charge in [-0.2, -0.15) is 10.1 Å². The van der Waals surface area contributed by atoms with Gasteiger partial charge in [0.1, 0.15) is 0 Å². The summed E-state index contributed by atoms with van der Waals surface area (Å²) in [6.07, 6.45) is 1.95. The third-order valence-corrected chi connectivity index (χ3v) is 5.05. The molecule has 0 fully saturated rings. The number of para-hydroxylation sites is 1. The van der Waals surface area contributed by atoms with Crippen LogP contribution in [-0.4, -0.2) is 24.0 Å². The van der Waals surface area contributed by atoms with Crippen molar-refractivity contribution in [2.24, 2.45) is 5.10 Å². The molecule has 0 aliphatic carbocycles. The third kappa shape index (κ3) is 1.92. The zero-order valence-electron chi connectivity index (χ0n) is 14.4. The van der Waals surface area contributed by atoms with Crippen molar-refractivity contribution in [1.29, 1.82) is 0 Å². The highest BCUT2D eigenvalue weighted by Gasteiger charge is 2.50. The predicted octanol–water partition coefficient (Wildman–Crippen LogP) is 3.41. The molecule has 2 aromatic rings. The molecule has 1 amide bonds. The Kier molecular flexibility index (Phi) is 2.95. The molecule has 2 aromatic carbocycles. The molecule has 26 heavy (non-hydrogen) atoms. The standard InChI is InChI=1S/C20H17N3O3/c1-12-10-20(21-16-9-18-17(8-15(12)16)25-11-26-18)13(2)22-23(19(20)24)14-6-4-3-5-7-14/h3-10,21H,11H2,1-2H3. The van der Waals surface area contributed by atoms with E-state index in [1.807, 2.05) is 62.4 Å². The van der Waals surface area contributed by atoms with Crippen LogP contribution in [0.2, 0.25) is 0 Å². The molecule has 130 valence electrons. The molecule has 3 aliphatic heterocycles. The normalized spacial score (nSPS) is 22.8. The molecule has 0 saturated carbocycles. The van der Waals surface area contributed by atoms with Gasteiger partial charge in [0.25, 0.3) is 5.91 Å². The number of carbonyl (C=O) groups excluding carboxylic acids is 1. The van der Waals surface area contributed by atoms with Crippen molar-refractivity contribution in [3.8, 4) is 11.5 Å². The number of hydrogen-bond acceptors (Lipinski definition) is 5. The first-order valence-electron chi connectivity index (χ1n) is 8.45. The number of amides is 1. The number of nitrogens with one attached hydrogen (secondary N) is 1. The number of hydrazone groups is 1.